The van der Waals surface area contributed by atoms with Gasteiger partial charge in [-0.25, -0.2) is 4.98 Å². The van der Waals surface area contributed by atoms with Crippen molar-refractivity contribution in [2.45, 2.75) is 20.4 Å². The molecule has 0 spiro atoms. The SMILES string of the molecule is Cc1cc(N)cc(NCc2nc(C)cs2)c1. The minimum atomic E-state index is 0.751. The number of benzene rings is 1. The number of nitrogens with zero attached hydrogens (tertiary/aromatic N) is 1. The lowest BCUT2D eigenvalue weighted by atomic mass is 10.2. The highest BCUT2D eigenvalue weighted by Crippen LogP contribution is 2.17. The largest absolute Gasteiger partial charge is 0.399 e. The first-order chi connectivity index (χ1) is 7.63. The molecule has 0 unspecified atom stereocenters. The molecule has 4 heteroatoms. The lowest BCUT2D eigenvalue weighted by Gasteiger charge is -2.06. The molecular formula is C12H15N3S. The minimum absolute atomic E-state index is 0.751. The fourth-order valence-electron chi connectivity index (χ4n) is 1.58. The third kappa shape index (κ3) is 2.73. The maximum Gasteiger partial charge on any atom is 0.112 e. The van der Waals surface area contributed by atoms with E-state index in [1.54, 1.807) is 11.3 Å². The molecule has 2 aromatic rings. The summed E-state index contributed by atoms with van der Waals surface area (Å²) in [6, 6.07) is 5.98. The van der Waals surface area contributed by atoms with E-state index in [1.807, 2.05) is 26.0 Å². The number of nitrogens with two attached hydrogens (primary N) is 1. The molecule has 3 nitrogen and oxygen atoms in total. The Hall–Kier alpha value is -1.55. The first kappa shape index (κ1) is 11.0. The van der Waals surface area contributed by atoms with E-state index in [1.165, 1.54) is 0 Å². The monoisotopic (exact) mass is 233 g/mol. The molecule has 1 heterocycles. The van der Waals surface area contributed by atoms with Crippen LogP contribution in [0.2, 0.25) is 0 Å². The summed E-state index contributed by atoms with van der Waals surface area (Å²) in [6.07, 6.45) is 0. The van der Waals surface area contributed by atoms with E-state index < -0.39 is 0 Å². The van der Waals surface area contributed by atoms with E-state index in [-0.39, 0.29) is 0 Å². The smallest absolute Gasteiger partial charge is 0.112 e. The molecule has 0 aliphatic rings. The van der Waals surface area contributed by atoms with Gasteiger partial charge in [0.05, 0.1) is 6.54 Å². The van der Waals surface area contributed by atoms with Crippen molar-refractivity contribution in [3.05, 3.63) is 39.8 Å². The predicted molar refractivity (Wildman–Crippen MR) is 69.8 cm³/mol. The molecule has 1 aromatic heterocycles. The van der Waals surface area contributed by atoms with Crippen LogP contribution < -0.4 is 11.1 Å². The van der Waals surface area contributed by atoms with Crippen molar-refractivity contribution >= 4 is 22.7 Å². The summed E-state index contributed by atoms with van der Waals surface area (Å²) < 4.78 is 0. The zero-order chi connectivity index (χ0) is 11.5. The van der Waals surface area contributed by atoms with Crippen molar-refractivity contribution in [3.63, 3.8) is 0 Å². The van der Waals surface area contributed by atoms with Gasteiger partial charge in [0.1, 0.15) is 5.01 Å². The van der Waals surface area contributed by atoms with Crippen molar-refractivity contribution in [1.82, 2.24) is 4.98 Å². The molecule has 16 heavy (non-hydrogen) atoms. The standard InChI is InChI=1S/C12H15N3S/c1-8-3-10(13)5-11(4-8)14-6-12-15-9(2)7-16-12/h3-5,7,14H,6,13H2,1-2H3. The van der Waals surface area contributed by atoms with Crippen molar-refractivity contribution in [2.24, 2.45) is 0 Å². The molecule has 0 bridgehead atoms. The fraction of sp³-hybridized carbons (Fsp3) is 0.250. The van der Waals surface area contributed by atoms with Crippen LogP contribution in [0, 0.1) is 13.8 Å². The average molecular weight is 233 g/mol. The molecule has 2 rings (SSSR count). The van der Waals surface area contributed by atoms with E-state index >= 15 is 0 Å². The molecule has 0 saturated heterocycles. The van der Waals surface area contributed by atoms with Crippen molar-refractivity contribution in [2.75, 3.05) is 11.1 Å². The van der Waals surface area contributed by atoms with Crippen molar-refractivity contribution in [1.29, 1.82) is 0 Å². The average Bonchev–Trinajstić information content (AvgIpc) is 2.60. The number of aryl methyl sites for hydroxylation is 2. The van der Waals surface area contributed by atoms with Crippen molar-refractivity contribution < 1.29 is 0 Å². The topological polar surface area (TPSA) is 50.9 Å². The van der Waals surface area contributed by atoms with E-state index in [9.17, 15) is 0 Å². The minimum Gasteiger partial charge on any atom is -0.399 e. The van der Waals surface area contributed by atoms with Gasteiger partial charge in [0.25, 0.3) is 0 Å². The summed E-state index contributed by atoms with van der Waals surface area (Å²) in [5, 5.41) is 6.48. The Bertz CT molecular complexity index is 471. The summed E-state index contributed by atoms with van der Waals surface area (Å²) in [6.45, 7) is 4.79. The molecule has 1 aromatic carbocycles. The molecule has 0 aliphatic carbocycles. The summed E-state index contributed by atoms with van der Waals surface area (Å²) in [5.74, 6) is 0. The van der Waals surface area contributed by atoms with E-state index in [2.05, 4.69) is 21.7 Å². The van der Waals surface area contributed by atoms with Crippen LogP contribution in [0.4, 0.5) is 11.4 Å². The normalized spacial score (nSPS) is 10.4. The Balaban J connectivity index is 2.04. The second-order valence-electron chi connectivity index (χ2n) is 3.87. The van der Waals surface area contributed by atoms with E-state index in [4.69, 9.17) is 5.73 Å². The first-order valence-electron chi connectivity index (χ1n) is 5.15. The number of aromatic nitrogens is 1. The second-order valence-corrected chi connectivity index (χ2v) is 4.81. The van der Waals surface area contributed by atoms with Gasteiger partial charge >= 0.3 is 0 Å². The van der Waals surface area contributed by atoms with Crippen LogP contribution >= 0.6 is 11.3 Å². The third-order valence-electron chi connectivity index (χ3n) is 2.21. The predicted octanol–water partition coefficient (Wildman–Crippen LogP) is 2.95. The zero-order valence-electron chi connectivity index (χ0n) is 9.45. The highest BCUT2D eigenvalue weighted by Gasteiger charge is 1.99. The second kappa shape index (κ2) is 4.53. The molecule has 84 valence electrons. The summed E-state index contributed by atoms with van der Waals surface area (Å²) in [4.78, 5) is 4.40. The van der Waals surface area contributed by atoms with Crippen LogP contribution in [-0.2, 0) is 6.54 Å². The van der Waals surface area contributed by atoms with Gasteiger partial charge in [-0.2, -0.15) is 0 Å². The lowest BCUT2D eigenvalue weighted by molar-refractivity contribution is 1.08. The number of thiazole rings is 1. The molecular weight excluding hydrogens is 218 g/mol. The Morgan fingerprint density at radius 1 is 1.31 bits per heavy atom. The highest BCUT2D eigenvalue weighted by atomic mass is 32.1. The Morgan fingerprint density at radius 3 is 2.75 bits per heavy atom. The van der Waals surface area contributed by atoms with Gasteiger partial charge in [0.15, 0.2) is 0 Å². The van der Waals surface area contributed by atoms with Gasteiger partial charge in [-0.1, -0.05) is 0 Å². The highest BCUT2D eigenvalue weighted by molar-refractivity contribution is 7.09. The van der Waals surface area contributed by atoms with Gasteiger partial charge in [-0.3, -0.25) is 0 Å². The van der Waals surface area contributed by atoms with Crippen LogP contribution in [0.5, 0.6) is 0 Å². The van der Waals surface area contributed by atoms with Crippen LogP contribution in [-0.4, -0.2) is 4.98 Å². The molecule has 0 atom stereocenters. The van der Waals surface area contributed by atoms with Crippen LogP contribution in [0.3, 0.4) is 0 Å². The number of hydrogen-bond donors (Lipinski definition) is 2. The number of nitrogen functional groups attached to an aromatic ring is 1. The van der Waals surface area contributed by atoms with Crippen LogP contribution in [0.25, 0.3) is 0 Å². The number of rotatable bonds is 3. The molecule has 0 saturated carbocycles. The van der Waals surface area contributed by atoms with E-state index in [0.717, 1.165) is 34.2 Å². The van der Waals surface area contributed by atoms with Gasteiger partial charge in [0, 0.05) is 22.4 Å². The Labute approximate surface area is 99.3 Å². The molecule has 0 aliphatic heterocycles. The first-order valence-corrected chi connectivity index (χ1v) is 6.03. The summed E-state index contributed by atoms with van der Waals surface area (Å²) in [7, 11) is 0. The summed E-state index contributed by atoms with van der Waals surface area (Å²) in [5.41, 5.74) is 9.85. The lowest BCUT2D eigenvalue weighted by Crippen LogP contribution is -2.00. The van der Waals surface area contributed by atoms with Gasteiger partial charge in [-0.05, 0) is 37.6 Å². The van der Waals surface area contributed by atoms with Gasteiger partial charge in [-0.15, -0.1) is 11.3 Å². The summed E-state index contributed by atoms with van der Waals surface area (Å²) >= 11 is 1.67. The van der Waals surface area contributed by atoms with E-state index in [0.29, 0.717) is 0 Å². The molecule has 3 N–H and O–H groups in total. The zero-order valence-corrected chi connectivity index (χ0v) is 10.3. The molecule has 0 radical (unpaired) electrons. The fourth-order valence-corrected chi connectivity index (χ4v) is 2.29. The number of hydrogen-bond acceptors (Lipinski definition) is 4. The number of anilines is 2. The van der Waals surface area contributed by atoms with Gasteiger partial charge < -0.3 is 11.1 Å². The van der Waals surface area contributed by atoms with Crippen LogP contribution in [0.15, 0.2) is 23.6 Å². The van der Waals surface area contributed by atoms with Gasteiger partial charge in [0.2, 0.25) is 0 Å². The maximum atomic E-state index is 5.78. The Kier molecular flexibility index (Phi) is 3.10. The maximum absolute atomic E-state index is 5.78. The molecule has 0 amide bonds. The third-order valence-corrected chi connectivity index (χ3v) is 3.18. The Morgan fingerprint density at radius 2 is 2.12 bits per heavy atom. The van der Waals surface area contributed by atoms with Crippen molar-refractivity contribution in [3.8, 4) is 0 Å². The van der Waals surface area contributed by atoms with Crippen LogP contribution in [0.1, 0.15) is 16.3 Å². The number of nitrogens with one attached hydrogen (secondary N) is 1. The quantitative estimate of drug-likeness (QED) is 0.801. The molecule has 0 fully saturated rings.